The molecule has 0 saturated carbocycles. The van der Waals surface area contributed by atoms with E-state index in [9.17, 15) is 37.6 Å². The van der Waals surface area contributed by atoms with E-state index in [2.05, 4.69) is 10.6 Å². The van der Waals surface area contributed by atoms with Gasteiger partial charge in [-0.3, -0.25) is 9.59 Å². The summed E-state index contributed by atoms with van der Waals surface area (Å²) in [6.45, 7) is 0.633. The molecule has 0 aliphatic rings. The number of aryl methyl sites for hydroxylation is 1. The number of benzene rings is 2. The molecule has 0 aliphatic heterocycles. The molecule has 0 saturated heterocycles. The number of ether oxygens (including phenoxy) is 1. The van der Waals surface area contributed by atoms with Crippen LogP contribution in [0.1, 0.15) is 24.5 Å². The molecule has 2 aromatic rings. The fourth-order valence-electron chi connectivity index (χ4n) is 2.81. The quantitative estimate of drug-likeness (QED) is 0.115. The molecule has 36 heavy (non-hydrogen) atoms. The molecule has 2 atom stereocenters. The van der Waals surface area contributed by atoms with E-state index < -0.39 is 52.1 Å². The van der Waals surface area contributed by atoms with Crippen LogP contribution >= 0.6 is 0 Å². The maximum Gasteiger partial charge on any atom is 1.00 e. The number of alkyl carbamates (subject to hydrolysis) is 1. The zero-order valence-corrected chi connectivity index (χ0v) is 22.6. The van der Waals surface area contributed by atoms with Crippen molar-refractivity contribution in [2.75, 3.05) is 6.54 Å². The summed E-state index contributed by atoms with van der Waals surface area (Å²) in [4.78, 5) is 36.1. The van der Waals surface area contributed by atoms with Crippen LogP contribution in [0, 0.1) is 0 Å². The van der Waals surface area contributed by atoms with Gasteiger partial charge in [0.2, 0.25) is 16.9 Å². The van der Waals surface area contributed by atoms with Gasteiger partial charge < -0.3 is 35.5 Å². The first-order valence-corrected chi connectivity index (χ1v) is 11.8. The van der Waals surface area contributed by atoms with Crippen molar-refractivity contribution in [1.82, 2.24) is 16.0 Å². The molecule has 1 unspecified atom stereocenters. The number of carbonyl (C=O) groups excluding carboxylic acids is 3. The number of phenolic OH excluding ortho intramolecular Hbond substituents is 1. The topological polar surface area (TPSA) is 194 Å². The zero-order valence-electron chi connectivity index (χ0n) is 19.8. The van der Waals surface area contributed by atoms with Gasteiger partial charge in [-0.2, -0.15) is 0 Å². The van der Waals surface area contributed by atoms with Crippen molar-refractivity contribution in [2.45, 2.75) is 37.5 Å². The summed E-state index contributed by atoms with van der Waals surface area (Å²) in [6.07, 6.45) is -1.67. The summed E-state index contributed by atoms with van der Waals surface area (Å²) < 4.78 is 39.9. The van der Waals surface area contributed by atoms with E-state index in [0.717, 1.165) is 5.56 Å². The molecule has 0 radical (unpaired) electrons. The van der Waals surface area contributed by atoms with E-state index in [1.165, 1.54) is 31.2 Å². The Morgan fingerprint density at radius 1 is 1.06 bits per heavy atom. The van der Waals surface area contributed by atoms with E-state index >= 15 is 0 Å². The Balaban J connectivity index is 0.00000648. The molecular formula is C22H26N3NaO9S. The van der Waals surface area contributed by atoms with Gasteiger partial charge in [-0.15, -0.1) is 0 Å². The van der Waals surface area contributed by atoms with Crippen LogP contribution in [0.4, 0.5) is 4.79 Å². The molecule has 0 spiro atoms. The summed E-state index contributed by atoms with van der Waals surface area (Å²) in [7, 11) is -5.41. The first-order valence-electron chi connectivity index (χ1n) is 10.4. The van der Waals surface area contributed by atoms with Gasteiger partial charge in [-0.25, -0.2) is 13.2 Å². The van der Waals surface area contributed by atoms with Crippen LogP contribution in [0.15, 0.2) is 54.6 Å². The first-order chi connectivity index (χ1) is 16.4. The van der Waals surface area contributed by atoms with Gasteiger partial charge in [-0.1, -0.05) is 42.5 Å². The number of carbonyl (C=O) groups is 3. The zero-order chi connectivity index (χ0) is 26.1. The molecule has 0 bridgehead atoms. The van der Waals surface area contributed by atoms with Crippen LogP contribution in [0.25, 0.3) is 0 Å². The minimum absolute atomic E-state index is 0. The summed E-state index contributed by atoms with van der Waals surface area (Å²) >= 11 is 0. The standard InChI is InChI=1S/C22H27N3O9S.Na/c1-15(24-19(27)13-23-21(29)34-14-17-5-3-2-4-6-17)20(28)25-22(30,35(31,32)33)12-11-16-7-9-18(26)10-8-16;/h2-10,15,26,30H,11-14H2,1H3,(H,23,29)(H,24,27)(H,25,28)(H,31,32,33);/q;+1/p-1/t15-,22?;/m0./s1. The Labute approximate surface area is 230 Å². The molecule has 0 aromatic heterocycles. The average Bonchev–Trinajstić information content (AvgIpc) is 2.81. The third-order valence-corrected chi connectivity index (χ3v) is 5.93. The third kappa shape index (κ3) is 10.1. The maximum absolute atomic E-state index is 12.4. The van der Waals surface area contributed by atoms with Crippen molar-refractivity contribution >= 4 is 28.0 Å². The maximum atomic E-state index is 12.4. The van der Waals surface area contributed by atoms with Gasteiger partial charge in [0.25, 0.3) is 0 Å². The summed E-state index contributed by atoms with van der Waals surface area (Å²) in [5.74, 6) is -1.98. The van der Waals surface area contributed by atoms with E-state index in [0.29, 0.717) is 5.56 Å². The largest absolute Gasteiger partial charge is 1.00 e. The molecule has 14 heteroatoms. The second-order valence-electron chi connectivity index (χ2n) is 7.60. The van der Waals surface area contributed by atoms with E-state index in [1.807, 2.05) is 0 Å². The molecule has 190 valence electrons. The van der Waals surface area contributed by atoms with E-state index in [-0.39, 0.29) is 48.3 Å². The predicted octanol–water partition coefficient (Wildman–Crippen LogP) is -2.93. The first kappa shape index (κ1) is 31.4. The van der Waals surface area contributed by atoms with Gasteiger partial charge in [-0.05, 0) is 36.6 Å². The van der Waals surface area contributed by atoms with Gasteiger partial charge in [0.1, 0.15) is 35.1 Å². The molecular weight excluding hydrogens is 505 g/mol. The van der Waals surface area contributed by atoms with Crippen molar-refractivity contribution in [2.24, 2.45) is 0 Å². The number of hydrogen-bond acceptors (Lipinski definition) is 9. The van der Waals surface area contributed by atoms with Crippen molar-refractivity contribution < 1.29 is 71.9 Å². The number of nitrogens with one attached hydrogen (secondary N) is 3. The van der Waals surface area contributed by atoms with E-state index in [4.69, 9.17) is 4.74 Å². The van der Waals surface area contributed by atoms with Crippen LogP contribution in [-0.2, 0) is 37.5 Å². The molecule has 0 heterocycles. The van der Waals surface area contributed by atoms with Crippen molar-refractivity contribution in [1.29, 1.82) is 0 Å². The smallest absolute Gasteiger partial charge is 0.744 e. The van der Waals surface area contributed by atoms with Gasteiger partial charge in [0.15, 0.2) is 0 Å². The summed E-state index contributed by atoms with van der Waals surface area (Å²) in [5.41, 5.74) is 1.23. The number of hydrogen-bond donors (Lipinski definition) is 5. The van der Waals surface area contributed by atoms with Crippen LogP contribution in [0.5, 0.6) is 5.75 Å². The number of aromatic hydroxyl groups is 1. The molecule has 3 amide bonds. The molecule has 12 nitrogen and oxygen atoms in total. The van der Waals surface area contributed by atoms with Crippen LogP contribution < -0.4 is 45.5 Å². The molecule has 0 fully saturated rings. The Morgan fingerprint density at radius 3 is 2.25 bits per heavy atom. The Morgan fingerprint density at radius 2 is 1.67 bits per heavy atom. The normalized spacial score (nSPS) is 13.3. The Bertz CT molecular complexity index is 1130. The summed E-state index contributed by atoms with van der Waals surface area (Å²) in [6, 6.07) is 13.0. The fraction of sp³-hybridized carbons (Fsp3) is 0.318. The minimum Gasteiger partial charge on any atom is -0.744 e. The molecule has 5 N–H and O–H groups in total. The molecule has 2 aromatic carbocycles. The number of aliphatic hydroxyl groups is 1. The van der Waals surface area contributed by atoms with E-state index in [1.54, 1.807) is 35.6 Å². The molecule has 0 aliphatic carbocycles. The average molecular weight is 532 g/mol. The van der Waals surface area contributed by atoms with Crippen LogP contribution in [-0.4, -0.2) is 58.7 Å². The van der Waals surface area contributed by atoms with Crippen LogP contribution in [0.2, 0.25) is 0 Å². The minimum atomic E-state index is -5.41. The predicted molar refractivity (Wildman–Crippen MR) is 121 cm³/mol. The van der Waals surface area contributed by atoms with Crippen molar-refractivity contribution in [3.8, 4) is 5.75 Å². The third-order valence-electron chi connectivity index (χ3n) is 4.80. The summed E-state index contributed by atoms with van der Waals surface area (Å²) in [5, 5.41) is 22.7. The Hall–Kier alpha value is -2.68. The SMILES string of the molecule is C[C@H](NC(=O)CNC(=O)OCc1ccccc1)C(=O)NC(O)(CCc1ccc(O)cc1)S(=O)(=O)[O-].[Na+]. The second kappa shape index (κ2) is 14.2. The van der Waals surface area contributed by atoms with Gasteiger partial charge >= 0.3 is 35.7 Å². The van der Waals surface area contributed by atoms with Crippen molar-refractivity contribution in [3.05, 3.63) is 65.7 Å². The number of amides is 3. The van der Waals surface area contributed by atoms with Crippen LogP contribution in [0.3, 0.4) is 0 Å². The van der Waals surface area contributed by atoms with Gasteiger partial charge in [0.05, 0.1) is 0 Å². The molecule has 2 rings (SSSR count). The number of phenols is 1. The van der Waals surface area contributed by atoms with Gasteiger partial charge in [0, 0.05) is 6.42 Å². The Kier molecular flexibility index (Phi) is 12.3. The number of rotatable bonds is 11. The fourth-order valence-corrected chi connectivity index (χ4v) is 3.39. The second-order valence-corrected chi connectivity index (χ2v) is 9.18. The monoisotopic (exact) mass is 531 g/mol. The van der Waals surface area contributed by atoms with Crippen molar-refractivity contribution in [3.63, 3.8) is 0 Å².